The van der Waals surface area contributed by atoms with E-state index in [0.717, 1.165) is 19.7 Å². The summed E-state index contributed by atoms with van der Waals surface area (Å²) in [4.78, 5) is 2.33. The molecule has 0 radical (unpaired) electrons. The van der Waals surface area contributed by atoms with Crippen LogP contribution in [-0.2, 0) is 4.74 Å². The Labute approximate surface area is 92.0 Å². The van der Waals surface area contributed by atoms with Crippen molar-refractivity contribution in [1.82, 2.24) is 4.90 Å². The molecule has 2 rings (SSSR count). The van der Waals surface area contributed by atoms with Gasteiger partial charge in [-0.15, -0.1) is 0 Å². The fraction of sp³-hybridized carbons (Fsp3) is 0.917. The van der Waals surface area contributed by atoms with Gasteiger partial charge in [0.1, 0.15) is 6.04 Å². The second kappa shape index (κ2) is 4.51. The first-order valence-corrected chi connectivity index (χ1v) is 6.01. The van der Waals surface area contributed by atoms with Crippen LogP contribution in [-0.4, -0.2) is 37.2 Å². The summed E-state index contributed by atoms with van der Waals surface area (Å²) >= 11 is 0. The van der Waals surface area contributed by atoms with E-state index in [4.69, 9.17) is 10.00 Å². The second-order valence-corrected chi connectivity index (χ2v) is 4.94. The first-order chi connectivity index (χ1) is 7.29. The van der Waals surface area contributed by atoms with Gasteiger partial charge in [-0.3, -0.25) is 4.90 Å². The van der Waals surface area contributed by atoms with Gasteiger partial charge in [0.05, 0.1) is 19.3 Å². The minimum absolute atomic E-state index is 0.00641. The van der Waals surface area contributed by atoms with E-state index < -0.39 is 0 Å². The number of morpholine rings is 1. The second-order valence-electron chi connectivity index (χ2n) is 4.94. The Kier molecular flexibility index (Phi) is 3.28. The standard InChI is InChI=1S/C12H20N2O/c1-2-3-12(4-5-12)10-14-6-7-15-9-11(14)8-13/h11H,2-7,9-10H2,1H3/t11-/m1/s1. The highest BCUT2D eigenvalue weighted by atomic mass is 16.5. The first-order valence-electron chi connectivity index (χ1n) is 6.01. The third-order valence-electron chi connectivity index (χ3n) is 3.66. The molecular weight excluding hydrogens is 188 g/mol. The summed E-state index contributed by atoms with van der Waals surface area (Å²) in [6.07, 6.45) is 5.30. The number of rotatable bonds is 4. The number of hydrogen-bond acceptors (Lipinski definition) is 3. The molecule has 1 heterocycles. The Morgan fingerprint density at radius 1 is 1.53 bits per heavy atom. The van der Waals surface area contributed by atoms with Gasteiger partial charge in [-0.05, 0) is 24.7 Å². The molecule has 1 atom stereocenters. The summed E-state index contributed by atoms with van der Waals surface area (Å²) in [6, 6.07) is 2.34. The van der Waals surface area contributed by atoms with Gasteiger partial charge in [-0.1, -0.05) is 13.3 Å². The van der Waals surface area contributed by atoms with Gasteiger partial charge in [0.25, 0.3) is 0 Å². The molecule has 0 aromatic rings. The third kappa shape index (κ3) is 2.50. The lowest BCUT2D eigenvalue weighted by Crippen LogP contribution is -2.47. The van der Waals surface area contributed by atoms with Crippen LogP contribution in [0.1, 0.15) is 32.6 Å². The van der Waals surface area contributed by atoms with Crippen LogP contribution in [0.25, 0.3) is 0 Å². The SMILES string of the molecule is CCCC1(CN2CCOC[C@H]2C#N)CC1. The molecule has 1 aliphatic heterocycles. The molecule has 0 aromatic heterocycles. The predicted octanol–water partition coefficient (Wildman–Crippen LogP) is 1.79. The van der Waals surface area contributed by atoms with E-state index in [2.05, 4.69) is 17.9 Å². The average Bonchev–Trinajstić information content (AvgIpc) is 2.99. The van der Waals surface area contributed by atoms with Crippen LogP contribution in [0.4, 0.5) is 0 Å². The minimum Gasteiger partial charge on any atom is -0.377 e. The predicted molar refractivity (Wildman–Crippen MR) is 58.4 cm³/mol. The van der Waals surface area contributed by atoms with Crippen molar-refractivity contribution in [3.8, 4) is 6.07 Å². The highest BCUT2D eigenvalue weighted by Crippen LogP contribution is 2.50. The zero-order valence-corrected chi connectivity index (χ0v) is 9.54. The summed E-state index contributed by atoms with van der Waals surface area (Å²) in [5.74, 6) is 0. The van der Waals surface area contributed by atoms with Crippen molar-refractivity contribution >= 4 is 0 Å². The molecule has 1 aliphatic carbocycles. The van der Waals surface area contributed by atoms with Crippen molar-refractivity contribution < 1.29 is 4.74 Å². The van der Waals surface area contributed by atoms with Crippen molar-refractivity contribution in [2.75, 3.05) is 26.3 Å². The molecule has 15 heavy (non-hydrogen) atoms. The van der Waals surface area contributed by atoms with E-state index in [-0.39, 0.29) is 6.04 Å². The van der Waals surface area contributed by atoms with E-state index in [9.17, 15) is 0 Å². The third-order valence-corrected chi connectivity index (χ3v) is 3.66. The highest BCUT2D eigenvalue weighted by Gasteiger charge is 2.44. The van der Waals surface area contributed by atoms with Crippen LogP contribution < -0.4 is 0 Å². The maximum absolute atomic E-state index is 9.04. The van der Waals surface area contributed by atoms with Crippen LogP contribution in [0.5, 0.6) is 0 Å². The molecule has 84 valence electrons. The van der Waals surface area contributed by atoms with Crippen LogP contribution in [0, 0.1) is 16.7 Å². The van der Waals surface area contributed by atoms with Gasteiger partial charge in [0.2, 0.25) is 0 Å². The first kappa shape index (κ1) is 10.9. The molecule has 0 aromatic carbocycles. The van der Waals surface area contributed by atoms with Gasteiger partial charge in [-0.25, -0.2) is 0 Å². The van der Waals surface area contributed by atoms with Gasteiger partial charge in [0.15, 0.2) is 0 Å². The largest absolute Gasteiger partial charge is 0.377 e. The molecule has 0 N–H and O–H groups in total. The van der Waals surface area contributed by atoms with Crippen molar-refractivity contribution in [3.63, 3.8) is 0 Å². The molecule has 2 aliphatic rings. The molecule has 0 spiro atoms. The van der Waals surface area contributed by atoms with Gasteiger partial charge in [-0.2, -0.15) is 5.26 Å². The number of hydrogen-bond donors (Lipinski definition) is 0. The van der Waals surface area contributed by atoms with E-state index in [1.54, 1.807) is 0 Å². The van der Waals surface area contributed by atoms with Crippen LogP contribution in [0.3, 0.4) is 0 Å². The lowest BCUT2D eigenvalue weighted by atomic mass is 9.99. The Balaban J connectivity index is 1.89. The van der Waals surface area contributed by atoms with E-state index in [1.807, 2.05) is 0 Å². The molecule has 1 saturated heterocycles. The molecule has 0 amide bonds. The maximum Gasteiger partial charge on any atom is 0.121 e. The van der Waals surface area contributed by atoms with Gasteiger partial charge in [0, 0.05) is 13.1 Å². The van der Waals surface area contributed by atoms with Gasteiger partial charge < -0.3 is 4.74 Å². The normalized spacial score (nSPS) is 29.7. The number of nitriles is 1. The summed E-state index contributed by atoms with van der Waals surface area (Å²) in [7, 11) is 0. The van der Waals surface area contributed by atoms with E-state index >= 15 is 0 Å². The lowest BCUT2D eigenvalue weighted by Gasteiger charge is -2.34. The Morgan fingerprint density at radius 3 is 2.93 bits per heavy atom. The van der Waals surface area contributed by atoms with Crippen molar-refractivity contribution in [3.05, 3.63) is 0 Å². The smallest absolute Gasteiger partial charge is 0.121 e. The minimum atomic E-state index is -0.00641. The molecule has 3 heteroatoms. The summed E-state index contributed by atoms with van der Waals surface area (Å²) in [5, 5.41) is 9.04. The summed E-state index contributed by atoms with van der Waals surface area (Å²) in [6.45, 7) is 5.69. The van der Waals surface area contributed by atoms with Crippen molar-refractivity contribution in [2.45, 2.75) is 38.6 Å². The van der Waals surface area contributed by atoms with E-state index in [0.29, 0.717) is 12.0 Å². The fourth-order valence-corrected chi connectivity index (χ4v) is 2.57. The summed E-state index contributed by atoms with van der Waals surface area (Å²) in [5.41, 5.74) is 0.557. The number of ether oxygens (including phenoxy) is 1. The topological polar surface area (TPSA) is 36.3 Å². The zero-order valence-electron chi connectivity index (χ0n) is 9.54. The molecule has 1 saturated carbocycles. The van der Waals surface area contributed by atoms with Crippen LogP contribution in [0.2, 0.25) is 0 Å². The number of nitrogens with zero attached hydrogens (tertiary/aromatic N) is 2. The quantitative estimate of drug-likeness (QED) is 0.706. The Bertz CT molecular complexity index is 255. The van der Waals surface area contributed by atoms with Crippen LogP contribution >= 0.6 is 0 Å². The molecule has 0 bridgehead atoms. The van der Waals surface area contributed by atoms with Gasteiger partial charge >= 0.3 is 0 Å². The van der Waals surface area contributed by atoms with Crippen molar-refractivity contribution in [1.29, 1.82) is 5.26 Å². The van der Waals surface area contributed by atoms with Crippen LogP contribution in [0.15, 0.2) is 0 Å². The molecular formula is C12H20N2O. The monoisotopic (exact) mass is 208 g/mol. The maximum atomic E-state index is 9.04. The van der Waals surface area contributed by atoms with Crippen molar-refractivity contribution in [2.24, 2.45) is 5.41 Å². The highest BCUT2D eigenvalue weighted by molar-refractivity contribution is 5.00. The molecule has 2 fully saturated rings. The molecule has 0 unspecified atom stereocenters. The molecule has 3 nitrogen and oxygen atoms in total. The summed E-state index contributed by atoms with van der Waals surface area (Å²) < 4.78 is 5.33. The lowest BCUT2D eigenvalue weighted by molar-refractivity contribution is 0.00280. The Hall–Kier alpha value is -0.590. The zero-order chi connectivity index (χ0) is 10.7. The Morgan fingerprint density at radius 2 is 2.33 bits per heavy atom. The average molecular weight is 208 g/mol. The van der Waals surface area contributed by atoms with E-state index in [1.165, 1.54) is 25.7 Å². The fourth-order valence-electron chi connectivity index (χ4n) is 2.57.